The highest BCUT2D eigenvalue weighted by molar-refractivity contribution is 7.80. The minimum absolute atomic E-state index is 0.0669. The van der Waals surface area contributed by atoms with Gasteiger partial charge in [0.1, 0.15) is 11.9 Å². The number of carbonyl (C=O) groups excluding carboxylic acids is 3. The van der Waals surface area contributed by atoms with E-state index in [4.69, 9.17) is 4.55 Å². The number of rotatable bonds is 7. The molecule has 2 atom stereocenters. The van der Waals surface area contributed by atoms with Crippen molar-refractivity contribution in [1.29, 1.82) is 0 Å². The third-order valence-corrected chi connectivity index (χ3v) is 4.88. The number of fused-ring (bicyclic) bond motifs is 2. The molecule has 1 aromatic rings. The highest BCUT2D eigenvalue weighted by Crippen LogP contribution is 2.30. The molecule has 3 heterocycles. The highest BCUT2D eigenvalue weighted by atomic mass is 32.3. The van der Waals surface area contributed by atoms with Crippen LogP contribution in [0.5, 0.6) is 0 Å². The quantitative estimate of drug-likeness (QED) is 0.545. The molecule has 3 amide bonds. The fraction of sp³-hybridized carbons (Fsp3) is 0.571. The van der Waals surface area contributed by atoms with Gasteiger partial charge >= 0.3 is 16.4 Å². The van der Waals surface area contributed by atoms with Gasteiger partial charge in [-0.25, -0.2) is 9.78 Å². The summed E-state index contributed by atoms with van der Waals surface area (Å²) in [4.78, 5) is 41.8. The van der Waals surface area contributed by atoms with Crippen molar-refractivity contribution in [2.75, 3.05) is 13.1 Å². The van der Waals surface area contributed by atoms with E-state index in [0.717, 1.165) is 0 Å². The van der Waals surface area contributed by atoms with Crippen LogP contribution in [0.15, 0.2) is 12.4 Å². The van der Waals surface area contributed by atoms with E-state index in [0.29, 0.717) is 17.3 Å². The average Bonchev–Trinajstić information content (AvgIpc) is 3.09. The van der Waals surface area contributed by atoms with Crippen LogP contribution in [-0.4, -0.2) is 75.4 Å². The summed E-state index contributed by atoms with van der Waals surface area (Å²) in [7, 11) is -4.84. The van der Waals surface area contributed by atoms with Crippen LogP contribution < -0.4 is 5.32 Å². The monoisotopic (exact) mass is 401 g/mol. The maximum atomic E-state index is 12.4. The first-order valence-corrected chi connectivity index (χ1v) is 9.56. The summed E-state index contributed by atoms with van der Waals surface area (Å²) in [5.41, 5.74) is 0. The number of ketones is 1. The molecule has 0 unspecified atom stereocenters. The molecule has 0 radical (unpaired) electrons. The van der Waals surface area contributed by atoms with Crippen LogP contribution in [0, 0.1) is 6.92 Å². The Morgan fingerprint density at radius 1 is 1.41 bits per heavy atom. The fourth-order valence-electron chi connectivity index (χ4n) is 3.22. The smallest absolute Gasteiger partial charge is 0.347 e. The second-order valence-electron chi connectivity index (χ2n) is 6.37. The molecule has 2 fully saturated rings. The number of nitrogens with one attached hydrogen (secondary N) is 1. The van der Waals surface area contributed by atoms with Crippen molar-refractivity contribution in [3.63, 3.8) is 0 Å². The Balaban J connectivity index is 1.56. The van der Waals surface area contributed by atoms with E-state index in [2.05, 4.69) is 14.6 Å². The molecule has 0 saturated carbocycles. The number of aryl methyl sites for hydroxylation is 1. The van der Waals surface area contributed by atoms with E-state index in [1.54, 1.807) is 23.9 Å². The largest absolute Gasteiger partial charge is 0.418 e. The van der Waals surface area contributed by atoms with Crippen molar-refractivity contribution in [2.24, 2.45) is 0 Å². The second kappa shape index (κ2) is 7.25. The number of hydroxylamine groups is 2. The lowest BCUT2D eigenvalue weighted by atomic mass is 10.0. The molecule has 2 aliphatic rings. The van der Waals surface area contributed by atoms with Crippen LogP contribution in [0.3, 0.4) is 0 Å². The fourth-order valence-corrected chi connectivity index (χ4v) is 3.61. The number of amides is 3. The number of hydrogen-bond acceptors (Lipinski definition) is 7. The third-order valence-electron chi connectivity index (χ3n) is 4.53. The molecule has 0 aliphatic carbocycles. The standard InChI is InChI=1S/C14H19N5O7S/c1-9-15-4-5-17(9)8-11(20)6-16-13(21)12-3-2-10-7-18(12)14(22)19(10)26-27(23,24)25/h4-5,10,12H,2-3,6-8H2,1H3,(H,16,21)(H,23,24,25)/t10-,12+/m1/s1. The predicted octanol–water partition coefficient (Wildman–Crippen LogP) is -1.12. The molecule has 148 valence electrons. The molecule has 3 rings (SSSR count). The maximum absolute atomic E-state index is 12.4. The summed E-state index contributed by atoms with van der Waals surface area (Å²) >= 11 is 0. The van der Waals surface area contributed by atoms with Gasteiger partial charge in [0.05, 0.1) is 19.1 Å². The summed E-state index contributed by atoms with van der Waals surface area (Å²) in [6.07, 6.45) is 3.82. The Hall–Kier alpha value is -2.51. The molecular formula is C14H19N5O7S. The Bertz CT molecular complexity index is 867. The van der Waals surface area contributed by atoms with Gasteiger partial charge < -0.3 is 14.8 Å². The molecule has 1 aromatic heterocycles. The van der Waals surface area contributed by atoms with Crippen LogP contribution in [0.2, 0.25) is 0 Å². The molecule has 2 bridgehead atoms. The van der Waals surface area contributed by atoms with Gasteiger partial charge in [0.15, 0.2) is 5.78 Å². The molecule has 2 N–H and O–H groups in total. The Morgan fingerprint density at radius 2 is 2.15 bits per heavy atom. The third kappa shape index (κ3) is 4.26. The van der Waals surface area contributed by atoms with E-state index >= 15 is 0 Å². The number of piperidine rings is 1. The van der Waals surface area contributed by atoms with Gasteiger partial charge in [-0.2, -0.15) is 13.5 Å². The van der Waals surface area contributed by atoms with E-state index in [9.17, 15) is 22.8 Å². The minimum Gasteiger partial charge on any atom is -0.347 e. The highest BCUT2D eigenvalue weighted by Gasteiger charge is 2.49. The van der Waals surface area contributed by atoms with Gasteiger partial charge in [0.2, 0.25) is 5.91 Å². The van der Waals surface area contributed by atoms with Crippen molar-refractivity contribution in [2.45, 2.75) is 38.4 Å². The van der Waals surface area contributed by atoms with Crippen molar-refractivity contribution in [3.8, 4) is 0 Å². The van der Waals surface area contributed by atoms with Crippen LogP contribution >= 0.6 is 0 Å². The second-order valence-corrected chi connectivity index (χ2v) is 7.37. The summed E-state index contributed by atoms with van der Waals surface area (Å²) in [5, 5.41) is 3.07. The molecule has 27 heavy (non-hydrogen) atoms. The zero-order valence-electron chi connectivity index (χ0n) is 14.4. The van der Waals surface area contributed by atoms with Crippen LogP contribution in [-0.2, 0) is 30.8 Å². The molecule has 13 heteroatoms. The SMILES string of the molecule is Cc1nccn1CC(=O)CNC(=O)[C@@H]1CC[C@@H]2CN1C(=O)N2OS(=O)(=O)O. The summed E-state index contributed by atoms with van der Waals surface area (Å²) in [5.74, 6) is -0.0667. The van der Waals surface area contributed by atoms with Crippen molar-refractivity contribution in [3.05, 3.63) is 18.2 Å². The molecule has 0 spiro atoms. The zero-order valence-corrected chi connectivity index (χ0v) is 15.3. The predicted molar refractivity (Wildman–Crippen MR) is 88.4 cm³/mol. The molecule has 0 aromatic carbocycles. The van der Waals surface area contributed by atoms with Gasteiger partial charge in [-0.3, -0.25) is 14.1 Å². The lowest BCUT2D eigenvalue weighted by Crippen LogP contribution is -2.50. The normalized spacial score (nSPS) is 22.2. The summed E-state index contributed by atoms with van der Waals surface area (Å²) in [6, 6.07) is -2.24. The van der Waals surface area contributed by atoms with Gasteiger partial charge in [0, 0.05) is 18.9 Å². The number of aromatic nitrogens is 2. The number of urea groups is 1. The van der Waals surface area contributed by atoms with Gasteiger partial charge in [-0.1, -0.05) is 0 Å². The Labute approximate surface area is 155 Å². The topological polar surface area (TPSA) is 151 Å². The number of carbonyl (C=O) groups is 3. The Kier molecular flexibility index (Phi) is 5.17. The van der Waals surface area contributed by atoms with Crippen LogP contribution in [0.1, 0.15) is 18.7 Å². The Morgan fingerprint density at radius 3 is 2.78 bits per heavy atom. The van der Waals surface area contributed by atoms with Crippen LogP contribution in [0.25, 0.3) is 0 Å². The average molecular weight is 401 g/mol. The number of Topliss-reactive ketones (excluding diaryl/α,β-unsaturated/α-hetero) is 1. The maximum Gasteiger partial charge on any atom is 0.418 e. The molecular weight excluding hydrogens is 382 g/mol. The van der Waals surface area contributed by atoms with E-state index in [1.807, 2.05) is 0 Å². The van der Waals surface area contributed by atoms with Crippen LogP contribution in [0.4, 0.5) is 4.79 Å². The molecule has 2 saturated heterocycles. The number of hydrogen-bond donors (Lipinski definition) is 2. The van der Waals surface area contributed by atoms with E-state index < -0.39 is 34.4 Å². The van der Waals surface area contributed by atoms with Gasteiger partial charge in [-0.05, 0) is 19.8 Å². The first-order valence-electron chi connectivity index (χ1n) is 8.19. The molecule has 12 nitrogen and oxygen atoms in total. The van der Waals surface area contributed by atoms with Crippen molar-refractivity contribution >= 4 is 28.1 Å². The van der Waals surface area contributed by atoms with Gasteiger partial charge in [-0.15, -0.1) is 4.28 Å². The first kappa shape index (κ1) is 19.3. The zero-order chi connectivity index (χ0) is 19.8. The van der Waals surface area contributed by atoms with Crippen molar-refractivity contribution in [1.82, 2.24) is 24.8 Å². The van der Waals surface area contributed by atoms with E-state index in [1.165, 1.54) is 4.90 Å². The number of imidazole rings is 1. The number of nitrogens with zero attached hydrogens (tertiary/aromatic N) is 4. The van der Waals surface area contributed by atoms with Gasteiger partial charge in [0.25, 0.3) is 0 Å². The van der Waals surface area contributed by atoms with Crippen molar-refractivity contribution < 1.29 is 31.6 Å². The molecule has 2 aliphatic heterocycles. The minimum atomic E-state index is -4.84. The van der Waals surface area contributed by atoms with E-state index in [-0.39, 0.29) is 31.8 Å². The lowest BCUT2D eigenvalue weighted by Gasteiger charge is -2.29. The first-order chi connectivity index (χ1) is 12.7. The summed E-state index contributed by atoms with van der Waals surface area (Å²) < 4.78 is 36.5. The summed E-state index contributed by atoms with van der Waals surface area (Å²) in [6.45, 7) is 1.71. The lowest BCUT2D eigenvalue weighted by molar-refractivity contribution is -0.128.